The first-order chi connectivity index (χ1) is 11.4. The molecule has 1 fully saturated rings. The Balaban J connectivity index is 2.67. The molecule has 24 heavy (non-hydrogen) atoms. The van der Waals surface area contributed by atoms with Gasteiger partial charge in [-0.1, -0.05) is 31.2 Å². The molecule has 2 N–H and O–H groups in total. The summed E-state index contributed by atoms with van der Waals surface area (Å²) in [6, 6.07) is 0. The third-order valence-electron chi connectivity index (χ3n) is 4.89. The number of ether oxygens (including phenoxy) is 1. The Morgan fingerprint density at radius 2 is 2.21 bits per heavy atom. The van der Waals surface area contributed by atoms with Crippen LogP contribution in [-0.2, 0) is 9.53 Å². The second kappa shape index (κ2) is 10.0. The quantitative estimate of drug-likeness (QED) is 0.470. The van der Waals surface area contributed by atoms with Crippen LogP contribution in [0.4, 0.5) is 0 Å². The third-order valence-corrected chi connectivity index (χ3v) is 4.89. The molecule has 138 valence electrons. The molecule has 0 aromatic rings. The molecule has 0 amide bonds. The van der Waals surface area contributed by atoms with E-state index in [0.29, 0.717) is 12.8 Å². The Morgan fingerprint density at radius 3 is 2.75 bits per heavy atom. The Bertz CT molecular complexity index is 439. The molecule has 6 heteroatoms. The van der Waals surface area contributed by atoms with Gasteiger partial charge in [0.2, 0.25) is 0 Å². The third kappa shape index (κ3) is 6.07. The Morgan fingerprint density at radius 1 is 1.50 bits per heavy atom. The molecule has 0 radical (unpaired) electrons. The first-order valence-corrected chi connectivity index (χ1v) is 8.85. The molecule has 1 saturated heterocycles. The average Bonchev–Trinajstić information content (AvgIpc) is 2.54. The van der Waals surface area contributed by atoms with Crippen molar-refractivity contribution in [2.75, 3.05) is 13.2 Å². The molecule has 0 aromatic heterocycles. The van der Waals surface area contributed by atoms with Crippen molar-refractivity contribution >= 4 is 5.78 Å². The van der Waals surface area contributed by atoms with Gasteiger partial charge in [0.15, 0.2) is 5.79 Å². The number of carbonyl (C=O) groups is 1. The fraction of sp³-hybridized carbons (Fsp3) is 0.833. The molecule has 5 unspecified atom stereocenters. The van der Waals surface area contributed by atoms with Crippen LogP contribution in [0.3, 0.4) is 0 Å². The minimum absolute atomic E-state index is 0.0119. The molecule has 1 aliphatic rings. The standard InChI is InChI=1S/C18H31NO5/c1-4-6-7-8-13(3)9-14(11-19-23)17(21)15-12-24-18(22,5-2)10-16(15)20/h4,6,13-16,20,22H,5,7-12H2,1-3H3/b6-4-. The minimum Gasteiger partial charge on any atom is -0.392 e. The lowest BCUT2D eigenvalue weighted by molar-refractivity contribution is -0.257. The minimum atomic E-state index is -1.37. The van der Waals surface area contributed by atoms with Crippen LogP contribution < -0.4 is 0 Å². The van der Waals surface area contributed by atoms with Crippen LogP contribution in [0.15, 0.2) is 17.3 Å². The zero-order valence-electron chi connectivity index (χ0n) is 15.0. The number of allylic oxidation sites excluding steroid dienone is 2. The van der Waals surface area contributed by atoms with Crippen LogP contribution in [0.2, 0.25) is 0 Å². The van der Waals surface area contributed by atoms with Gasteiger partial charge in [-0.15, -0.1) is 0 Å². The number of nitroso groups, excluding NO2 is 1. The van der Waals surface area contributed by atoms with Gasteiger partial charge in [0.05, 0.1) is 25.2 Å². The van der Waals surface area contributed by atoms with Crippen LogP contribution in [-0.4, -0.2) is 41.0 Å². The number of hydrogen-bond acceptors (Lipinski definition) is 6. The molecule has 1 rings (SSSR count). The van der Waals surface area contributed by atoms with Crippen LogP contribution in [0, 0.1) is 22.7 Å². The molecule has 1 aliphatic heterocycles. The van der Waals surface area contributed by atoms with Crippen LogP contribution in [0.1, 0.15) is 52.9 Å². The number of hydrogen-bond donors (Lipinski definition) is 2. The lowest BCUT2D eigenvalue weighted by Crippen LogP contribution is -2.50. The second-order valence-electron chi connectivity index (χ2n) is 6.89. The SMILES string of the molecule is C/C=C\CCC(C)CC(CN=O)C(=O)C1COC(O)(CC)CC1O. The number of nitrogens with zero attached hydrogens (tertiary/aromatic N) is 1. The summed E-state index contributed by atoms with van der Waals surface area (Å²) in [5, 5.41) is 23.3. The maximum atomic E-state index is 12.7. The highest BCUT2D eigenvalue weighted by Crippen LogP contribution is 2.32. The van der Waals surface area contributed by atoms with Gasteiger partial charge < -0.3 is 14.9 Å². The fourth-order valence-corrected chi connectivity index (χ4v) is 3.23. The molecule has 0 saturated carbocycles. The van der Waals surface area contributed by atoms with Gasteiger partial charge in [-0.2, -0.15) is 4.91 Å². The van der Waals surface area contributed by atoms with E-state index in [0.717, 1.165) is 12.8 Å². The highest BCUT2D eigenvalue weighted by Gasteiger charge is 2.43. The highest BCUT2D eigenvalue weighted by molar-refractivity contribution is 5.84. The molecule has 0 spiro atoms. The van der Waals surface area contributed by atoms with E-state index in [1.54, 1.807) is 6.92 Å². The number of carbonyl (C=O) groups excluding carboxylic acids is 1. The lowest BCUT2D eigenvalue weighted by atomic mass is 9.80. The number of Topliss-reactive ketones (excluding diaryl/α,β-unsaturated/α-hetero) is 1. The van der Waals surface area contributed by atoms with Gasteiger partial charge in [-0.3, -0.25) is 4.79 Å². The van der Waals surface area contributed by atoms with Gasteiger partial charge in [0.25, 0.3) is 0 Å². The van der Waals surface area contributed by atoms with Gasteiger partial charge in [0.1, 0.15) is 5.78 Å². The highest BCUT2D eigenvalue weighted by atomic mass is 16.6. The van der Waals surface area contributed by atoms with Crippen molar-refractivity contribution in [1.29, 1.82) is 0 Å². The van der Waals surface area contributed by atoms with E-state index in [1.165, 1.54) is 0 Å². The molecular formula is C18H31NO5. The summed E-state index contributed by atoms with van der Waals surface area (Å²) in [5.41, 5.74) is 0. The summed E-state index contributed by atoms with van der Waals surface area (Å²) in [6.45, 7) is 5.69. The first kappa shape index (κ1) is 20.9. The van der Waals surface area contributed by atoms with E-state index >= 15 is 0 Å². The van der Waals surface area contributed by atoms with Crippen LogP contribution in [0.25, 0.3) is 0 Å². The zero-order chi connectivity index (χ0) is 18.2. The molecule has 1 heterocycles. The number of rotatable bonds is 10. The van der Waals surface area contributed by atoms with Crippen molar-refractivity contribution in [1.82, 2.24) is 0 Å². The summed E-state index contributed by atoms with van der Waals surface area (Å²) in [4.78, 5) is 23.5. The van der Waals surface area contributed by atoms with Crippen molar-refractivity contribution in [2.45, 2.75) is 64.8 Å². The second-order valence-corrected chi connectivity index (χ2v) is 6.89. The predicted molar refractivity (Wildman–Crippen MR) is 92.3 cm³/mol. The summed E-state index contributed by atoms with van der Waals surface area (Å²) >= 11 is 0. The Hall–Kier alpha value is -1.11. The Kier molecular flexibility index (Phi) is 8.73. The summed E-state index contributed by atoms with van der Waals surface area (Å²) in [6.07, 6.45) is 5.93. The van der Waals surface area contributed by atoms with Gasteiger partial charge in [-0.05, 0) is 38.5 Å². The summed E-state index contributed by atoms with van der Waals surface area (Å²) in [5.74, 6) is -2.47. The van der Waals surface area contributed by atoms with E-state index in [4.69, 9.17) is 4.74 Å². The largest absolute Gasteiger partial charge is 0.392 e. The molecule has 5 atom stereocenters. The van der Waals surface area contributed by atoms with Crippen molar-refractivity contribution in [3.05, 3.63) is 17.1 Å². The molecule has 6 nitrogen and oxygen atoms in total. The van der Waals surface area contributed by atoms with Gasteiger partial charge in [-0.25, -0.2) is 0 Å². The number of aliphatic hydroxyl groups excluding tert-OH is 1. The predicted octanol–water partition coefficient (Wildman–Crippen LogP) is 2.82. The summed E-state index contributed by atoms with van der Waals surface area (Å²) in [7, 11) is 0. The lowest BCUT2D eigenvalue weighted by Gasteiger charge is -2.39. The van der Waals surface area contributed by atoms with Gasteiger partial charge in [0, 0.05) is 12.3 Å². The maximum Gasteiger partial charge on any atom is 0.167 e. The van der Waals surface area contributed by atoms with Crippen molar-refractivity contribution in [3.63, 3.8) is 0 Å². The topological polar surface area (TPSA) is 96.2 Å². The fourth-order valence-electron chi connectivity index (χ4n) is 3.23. The molecule has 0 aromatic carbocycles. The number of aliphatic hydroxyl groups is 2. The van der Waals surface area contributed by atoms with Crippen molar-refractivity contribution in [2.24, 2.45) is 22.9 Å². The number of ketones is 1. The van der Waals surface area contributed by atoms with Crippen LogP contribution >= 0.6 is 0 Å². The van der Waals surface area contributed by atoms with E-state index in [-0.39, 0.29) is 31.3 Å². The van der Waals surface area contributed by atoms with E-state index < -0.39 is 23.7 Å². The van der Waals surface area contributed by atoms with E-state index in [9.17, 15) is 19.9 Å². The monoisotopic (exact) mass is 341 g/mol. The Labute approximate surface area is 144 Å². The average molecular weight is 341 g/mol. The van der Waals surface area contributed by atoms with Crippen molar-refractivity contribution in [3.8, 4) is 0 Å². The van der Waals surface area contributed by atoms with Crippen LogP contribution in [0.5, 0.6) is 0 Å². The van der Waals surface area contributed by atoms with E-state index in [2.05, 4.69) is 18.2 Å². The molecule has 0 aliphatic carbocycles. The van der Waals surface area contributed by atoms with E-state index in [1.807, 2.05) is 13.0 Å². The zero-order valence-corrected chi connectivity index (χ0v) is 15.0. The normalized spacial score (nSPS) is 30.2. The summed E-state index contributed by atoms with van der Waals surface area (Å²) < 4.78 is 5.39. The first-order valence-electron chi connectivity index (χ1n) is 8.85. The van der Waals surface area contributed by atoms with Gasteiger partial charge >= 0.3 is 0 Å². The maximum absolute atomic E-state index is 12.7. The molecular weight excluding hydrogens is 310 g/mol. The smallest absolute Gasteiger partial charge is 0.167 e. The van der Waals surface area contributed by atoms with Crippen molar-refractivity contribution < 1.29 is 19.7 Å². The molecule has 0 bridgehead atoms.